The number of carbonyl (C=O) groups excluding carboxylic acids is 2. The van der Waals surface area contributed by atoms with Crippen LogP contribution in [0.3, 0.4) is 0 Å². The number of carbonyl (C=O) groups is 2. The predicted octanol–water partition coefficient (Wildman–Crippen LogP) is 0.481. The molecule has 2 aliphatic heterocycles. The average Bonchev–Trinajstić information content (AvgIpc) is 3.02. The Morgan fingerprint density at radius 1 is 1.20 bits per heavy atom. The van der Waals surface area contributed by atoms with E-state index in [2.05, 4.69) is 5.32 Å². The van der Waals surface area contributed by atoms with Crippen molar-refractivity contribution in [2.45, 2.75) is 39.0 Å². The molecule has 1 N–H and O–H groups in total. The zero-order chi connectivity index (χ0) is 18.0. The monoisotopic (exact) mass is 349 g/mol. The molecule has 8 nitrogen and oxygen atoms in total. The van der Waals surface area contributed by atoms with E-state index in [1.165, 1.54) is 11.5 Å². The lowest BCUT2D eigenvalue weighted by molar-refractivity contribution is -0.187. The van der Waals surface area contributed by atoms with Gasteiger partial charge in [0.15, 0.2) is 5.79 Å². The molecule has 3 heterocycles. The van der Waals surface area contributed by atoms with Crippen LogP contribution in [-0.2, 0) is 25.6 Å². The van der Waals surface area contributed by atoms with Crippen LogP contribution in [-0.4, -0.2) is 53.4 Å². The van der Waals surface area contributed by atoms with Gasteiger partial charge in [-0.25, -0.2) is 0 Å². The predicted molar refractivity (Wildman–Crippen MR) is 90.2 cm³/mol. The van der Waals surface area contributed by atoms with Gasteiger partial charge in [-0.2, -0.15) is 0 Å². The maximum absolute atomic E-state index is 12.6. The smallest absolute Gasteiger partial charge is 0.274 e. The molecule has 2 aliphatic rings. The van der Waals surface area contributed by atoms with E-state index in [9.17, 15) is 14.4 Å². The Hall–Kier alpha value is -2.19. The second-order valence-electron chi connectivity index (χ2n) is 6.45. The molecule has 0 bridgehead atoms. The van der Waals surface area contributed by atoms with E-state index in [4.69, 9.17) is 9.47 Å². The number of anilines is 1. The van der Waals surface area contributed by atoms with Crippen LogP contribution >= 0.6 is 0 Å². The Bertz CT molecular complexity index is 726. The van der Waals surface area contributed by atoms with Crippen LogP contribution in [0.2, 0.25) is 0 Å². The number of rotatable bonds is 3. The van der Waals surface area contributed by atoms with Gasteiger partial charge in [0.25, 0.3) is 5.56 Å². The minimum absolute atomic E-state index is 0.0488. The van der Waals surface area contributed by atoms with Crippen molar-refractivity contribution < 1.29 is 19.1 Å². The number of hydrogen-bond donors (Lipinski definition) is 1. The Kier molecular flexibility index (Phi) is 4.91. The number of piperidine rings is 1. The van der Waals surface area contributed by atoms with Gasteiger partial charge in [-0.05, 0) is 19.1 Å². The fourth-order valence-corrected chi connectivity index (χ4v) is 3.27. The van der Waals surface area contributed by atoms with Crippen LogP contribution < -0.4 is 10.9 Å². The highest BCUT2D eigenvalue weighted by Gasteiger charge is 2.40. The van der Waals surface area contributed by atoms with Crippen molar-refractivity contribution in [1.82, 2.24) is 9.47 Å². The summed E-state index contributed by atoms with van der Waals surface area (Å²) in [6.45, 7) is 5.32. The topological polar surface area (TPSA) is 89.9 Å². The number of amides is 2. The molecule has 3 rings (SSSR count). The highest BCUT2D eigenvalue weighted by molar-refractivity contribution is 5.88. The molecule has 2 saturated heterocycles. The molecule has 0 aliphatic carbocycles. The summed E-state index contributed by atoms with van der Waals surface area (Å²) in [5.74, 6) is -0.982. The molecule has 25 heavy (non-hydrogen) atoms. The van der Waals surface area contributed by atoms with Gasteiger partial charge < -0.3 is 24.3 Å². The number of nitrogens with zero attached hydrogens (tertiary/aromatic N) is 2. The van der Waals surface area contributed by atoms with Crippen molar-refractivity contribution in [3.63, 3.8) is 0 Å². The van der Waals surface area contributed by atoms with Gasteiger partial charge in [-0.1, -0.05) is 0 Å². The fraction of sp³-hybridized carbons (Fsp3) is 0.588. The first-order chi connectivity index (χ1) is 11.9. The zero-order valence-corrected chi connectivity index (χ0v) is 14.5. The van der Waals surface area contributed by atoms with Crippen molar-refractivity contribution in [1.29, 1.82) is 0 Å². The van der Waals surface area contributed by atoms with E-state index in [0.717, 1.165) is 0 Å². The number of aryl methyl sites for hydroxylation is 1. The lowest BCUT2D eigenvalue weighted by Gasteiger charge is -2.37. The number of ether oxygens (including phenoxy) is 2. The SMILES string of the molecule is CC(=O)Nc1ccc(C)n(CC(=O)N2CCC3(CC2)OCCO3)c1=O. The quantitative estimate of drug-likeness (QED) is 0.857. The number of aromatic nitrogens is 1. The van der Waals surface area contributed by atoms with Crippen molar-refractivity contribution in [2.75, 3.05) is 31.6 Å². The highest BCUT2D eigenvalue weighted by atomic mass is 16.7. The van der Waals surface area contributed by atoms with E-state index >= 15 is 0 Å². The number of nitrogens with one attached hydrogen (secondary N) is 1. The van der Waals surface area contributed by atoms with Crippen LogP contribution in [0.15, 0.2) is 16.9 Å². The molecule has 0 unspecified atom stereocenters. The van der Waals surface area contributed by atoms with Crippen molar-refractivity contribution in [3.05, 3.63) is 28.2 Å². The summed E-state index contributed by atoms with van der Waals surface area (Å²) in [6, 6.07) is 3.27. The number of pyridine rings is 1. The molecule has 2 fully saturated rings. The molecular weight excluding hydrogens is 326 g/mol. The first-order valence-corrected chi connectivity index (χ1v) is 8.44. The van der Waals surface area contributed by atoms with Crippen LogP contribution in [0.5, 0.6) is 0 Å². The highest BCUT2D eigenvalue weighted by Crippen LogP contribution is 2.31. The van der Waals surface area contributed by atoms with E-state index in [1.807, 2.05) is 0 Å². The number of hydrogen-bond acceptors (Lipinski definition) is 5. The maximum Gasteiger partial charge on any atom is 0.274 e. The molecule has 0 radical (unpaired) electrons. The molecule has 0 atom stereocenters. The van der Waals surface area contributed by atoms with Crippen molar-refractivity contribution in [3.8, 4) is 0 Å². The molecule has 136 valence electrons. The Balaban J connectivity index is 1.69. The van der Waals surface area contributed by atoms with Gasteiger partial charge in [0.1, 0.15) is 12.2 Å². The van der Waals surface area contributed by atoms with Crippen LogP contribution in [0.1, 0.15) is 25.5 Å². The fourth-order valence-electron chi connectivity index (χ4n) is 3.27. The Morgan fingerprint density at radius 3 is 2.44 bits per heavy atom. The van der Waals surface area contributed by atoms with Gasteiger partial charge in [-0.15, -0.1) is 0 Å². The summed E-state index contributed by atoms with van der Waals surface area (Å²) in [5, 5.41) is 2.50. The molecule has 1 aromatic heterocycles. The summed E-state index contributed by atoms with van der Waals surface area (Å²) in [5.41, 5.74) is 0.471. The third kappa shape index (κ3) is 3.74. The summed E-state index contributed by atoms with van der Waals surface area (Å²) in [7, 11) is 0. The molecule has 2 amide bonds. The van der Waals surface area contributed by atoms with E-state index in [-0.39, 0.29) is 29.6 Å². The molecule has 0 saturated carbocycles. The summed E-state index contributed by atoms with van der Waals surface area (Å²) in [6.07, 6.45) is 1.27. The third-order valence-corrected chi connectivity index (χ3v) is 4.69. The average molecular weight is 349 g/mol. The lowest BCUT2D eigenvalue weighted by atomic mass is 10.0. The minimum Gasteiger partial charge on any atom is -0.347 e. The van der Waals surface area contributed by atoms with Gasteiger partial charge >= 0.3 is 0 Å². The molecule has 8 heteroatoms. The van der Waals surface area contributed by atoms with Gasteiger partial charge in [0.05, 0.1) is 13.2 Å². The second kappa shape index (κ2) is 6.97. The van der Waals surface area contributed by atoms with Crippen molar-refractivity contribution >= 4 is 17.5 Å². The Morgan fingerprint density at radius 2 is 1.84 bits per heavy atom. The first kappa shape index (κ1) is 17.6. The molecule has 1 spiro atoms. The normalized spacial score (nSPS) is 19.2. The minimum atomic E-state index is -0.533. The van der Waals surface area contributed by atoms with Gasteiger partial charge in [0, 0.05) is 38.5 Å². The zero-order valence-electron chi connectivity index (χ0n) is 14.5. The summed E-state index contributed by atoms with van der Waals surface area (Å²) < 4.78 is 12.7. The first-order valence-electron chi connectivity index (χ1n) is 8.44. The third-order valence-electron chi connectivity index (χ3n) is 4.69. The molecule has 1 aromatic rings. The van der Waals surface area contributed by atoms with E-state index in [1.54, 1.807) is 24.0 Å². The molecule has 0 aromatic carbocycles. The Labute approximate surface area is 145 Å². The van der Waals surface area contributed by atoms with Crippen molar-refractivity contribution in [2.24, 2.45) is 0 Å². The standard InChI is InChI=1S/C17H23N3O5/c1-12-3-4-14(18-13(2)21)16(23)20(12)11-15(22)19-7-5-17(6-8-19)24-9-10-25-17/h3-4H,5-11H2,1-2H3,(H,18,21). The van der Waals surface area contributed by atoms with Crippen LogP contribution in [0.25, 0.3) is 0 Å². The van der Waals surface area contributed by atoms with E-state index in [0.29, 0.717) is 44.8 Å². The van der Waals surface area contributed by atoms with Gasteiger partial charge in [0.2, 0.25) is 11.8 Å². The van der Waals surface area contributed by atoms with Crippen LogP contribution in [0, 0.1) is 6.92 Å². The van der Waals surface area contributed by atoms with Crippen LogP contribution in [0.4, 0.5) is 5.69 Å². The second-order valence-corrected chi connectivity index (χ2v) is 6.45. The van der Waals surface area contributed by atoms with E-state index < -0.39 is 5.79 Å². The number of likely N-dealkylation sites (tertiary alicyclic amines) is 1. The lowest BCUT2D eigenvalue weighted by Crippen LogP contribution is -2.48. The van der Waals surface area contributed by atoms with Gasteiger partial charge in [-0.3, -0.25) is 14.4 Å². The largest absolute Gasteiger partial charge is 0.347 e. The molecular formula is C17H23N3O5. The summed E-state index contributed by atoms with van der Waals surface area (Å²) >= 11 is 0. The maximum atomic E-state index is 12.6. The summed E-state index contributed by atoms with van der Waals surface area (Å²) in [4.78, 5) is 38.0.